The fraction of sp³-hybridized carbons (Fsp3) is 0.600. The van der Waals surface area contributed by atoms with Crippen LogP contribution in [0.3, 0.4) is 0 Å². The van der Waals surface area contributed by atoms with Crippen LogP contribution in [0.1, 0.15) is 20.3 Å². The first kappa shape index (κ1) is 18.5. The van der Waals surface area contributed by atoms with Gasteiger partial charge >= 0.3 is 0 Å². The molecule has 0 amide bonds. The van der Waals surface area contributed by atoms with Gasteiger partial charge in [0.05, 0.1) is 11.6 Å². The van der Waals surface area contributed by atoms with E-state index in [1.807, 2.05) is 0 Å². The smallest absolute Gasteiger partial charge is 0.139 e. The van der Waals surface area contributed by atoms with E-state index in [2.05, 4.69) is 19.2 Å². The molecule has 0 bridgehead atoms. The van der Waals surface area contributed by atoms with Crippen LogP contribution in [0.2, 0.25) is 10.0 Å². The Morgan fingerprint density at radius 1 is 1.29 bits per heavy atom. The summed E-state index contributed by atoms with van der Waals surface area (Å²) in [6.07, 6.45) is 0.158. The van der Waals surface area contributed by atoms with Crippen LogP contribution in [0.5, 0.6) is 5.75 Å². The van der Waals surface area contributed by atoms with Crippen molar-refractivity contribution < 1.29 is 14.9 Å². The van der Waals surface area contributed by atoms with Crippen molar-refractivity contribution in [2.75, 3.05) is 19.8 Å². The molecule has 0 radical (unpaired) electrons. The SMILES string of the molecule is CC(C)CC(CO)NCC(O)COc1cc(Cl)ccc1Cl. The largest absolute Gasteiger partial charge is 0.489 e. The van der Waals surface area contributed by atoms with Crippen molar-refractivity contribution in [1.29, 1.82) is 0 Å². The van der Waals surface area contributed by atoms with Crippen LogP contribution < -0.4 is 10.1 Å². The summed E-state index contributed by atoms with van der Waals surface area (Å²) >= 11 is 11.8. The first-order valence-corrected chi connectivity index (χ1v) is 7.78. The van der Waals surface area contributed by atoms with Gasteiger partial charge in [-0.15, -0.1) is 0 Å². The third-order valence-electron chi connectivity index (χ3n) is 2.94. The van der Waals surface area contributed by atoms with Gasteiger partial charge in [0.15, 0.2) is 0 Å². The Kier molecular flexibility index (Phi) is 8.37. The first-order chi connectivity index (χ1) is 9.92. The zero-order valence-electron chi connectivity index (χ0n) is 12.4. The van der Waals surface area contributed by atoms with Gasteiger partial charge in [-0.3, -0.25) is 0 Å². The molecule has 0 saturated carbocycles. The van der Waals surface area contributed by atoms with E-state index in [1.54, 1.807) is 18.2 Å². The molecule has 3 N–H and O–H groups in total. The lowest BCUT2D eigenvalue weighted by atomic mass is 10.0. The molecule has 2 unspecified atom stereocenters. The minimum absolute atomic E-state index is 0.0191. The van der Waals surface area contributed by atoms with E-state index in [0.29, 0.717) is 28.3 Å². The predicted octanol–water partition coefficient (Wildman–Crippen LogP) is 2.73. The molecule has 4 nitrogen and oxygen atoms in total. The predicted molar refractivity (Wildman–Crippen MR) is 86.3 cm³/mol. The summed E-state index contributed by atoms with van der Waals surface area (Å²) in [7, 11) is 0. The molecule has 1 aromatic rings. The minimum atomic E-state index is -0.693. The van der Waals surface area contributed by atoms with Gasteiger partial charge in [0.25, 0.3) is 0 Å². The third-order valence-corrected chi connectivity index (χ3v) is 3.49. The van der Waals surface area contributed by atoms with Gasteiger partial charge in [-0.2, -0.15) is 0 Å². The van der Waals surface area contributed by atoms with E-state index < -0.39 is 6.10 Å². The van der Waals surface area contributed by atoms with Gasteiger partial charge in [0.1, 0.15) is 18.5 Å². The third kappa shape index (κ3) is 7.34. The highest BCUT2D eigenvalue weighted by atomic mass is 35.5. The standard InChI is InChI=1S/C15H23Cl2NO3/c1-10(2)5-12(8-19)18-7-13(20)9-21-15-6-11(16)3-4-14(15)17/h3-4,6,10,12-13,18-20H,5,7-9H2,1-2H3. The molecule has 0 aliphatic heterocycles. The maximum Gasteiger partial charge on any atom is 0.139 e. The second kappa shape index (κ2) is 9.49. The lowest BCUT2D eigenvalue weighted by Gasteiger charge is -2.20. The number of ether oxygens (including phenoxy) is 1. The molecule has 2 atom stereocenters. The van der Waals surface area contributed by atoms with E-state index in [4.69, 9.17) is 27.9 Å². The molecular weight excluding hydrogens is 313 g/mol. The Balaban J connectivity index is 2.36. The Labute approximate surface area is 136 Å². The van der Waals surface area contributed by atoms with Crippen molar-refractivity contribution in [3.8, 4) is 5.75 Å². The van der Waals surface area contributed by atoms with Crippen LogP contribution in [0.4, 0.5) is 0 Å². The Hall–Kier alpha value is -0.520. The summed E-state index contributed by atoms with van der Waals surface area (Å²) in [5.41, 5.74) is 0. The van der Waals surface area contributed by atoms with Crippen molar-refractivity contribution in [1.82, 2.24) is 5.32 Å². The van der Waals surface area contributed by atoms with Gasteiger partial charge in [0.2, 0.25) is 0 Å². The zero-order chi connectivity index (χ0) is 15.8. The molecular formula is C15H23Cl2NO3. The van der Waals surface area contributed by atoms with E-state index in [0.717, 1.165) is 6.42 Å². The van der Waals surface area contributed by atoms with Crippen molar-refractivity contribution in [3.05, 3.63) is 28.2 Å². The molecule has 0 fully saturated rings. The number of rotatable bonds is 9. The number of hydrogen-bond acceptors (Lipinski definition) is 4. The van der Waals surface area contributed by atoms with Crippen LogP contribution in [0.25, 0.3) is 0 Å². The van der Waals surface area contributed by atoms with Crippen LogP contribution in [-0.2, 0) is 0 Å². The minimum Gasteiger partial charge on any atom is -0.489 e. The fourth-order valence-corrected chi connectivity index (χ4v) is 2.26. The van der Waals surface area contributed by atoms with E-state index in [-0.39, 0.29) is 19.3 Å². The summed E-state index contributed by atoms with van der Waals surface area (Å²) in [5, 5.41) is 23.3. The van der Waals surface area contributed by atoms with Crippen molar-refractivity contribution in [2.45, 2.75) is 32.4 Å². The second-order valence-electron chi connectivity index (χ2n) is 5.46. The van der Waals surface area contributed by atoms with Crippen molar-refractivity contribution in [2.24, 2.45) is 5.92 Å². The lowest BCUT2D eigenvalue weighted by molar-refractivity contribution is 0.0982. The molecule has 0 aliphatic rings. The normalized spacial score (nSPS) is 14.2. The molecule has 0 spiro atoms. The molecule has 21 heavy (non-hydrogen) atoms. The number of hydrogen-bond donors (Lipinski definition) is 3. The number of benzene rings is 1. The summed E-state index contributed by atoms with van der Waals surface area (Å²) in [4.78, 5) is 0. The van der Waals surface area contributed by atoms with Gasteiger partial charge in [-0.25, -0.2) is 0 Å². The maximum atomic E-state index is 9.90. The van der Waals surface area contributed by atoms with Crippen molar-refractivity contribution >= 4 is 23.2 Å². The first-order valence-electron chi connectivity index (χ1n) is 7.02. The Bertz CT molecular complexity index is 429. The highest BCUT2D eigenvalue weighted by molar-refractivity contribution is 6.34. The molecule has 0 aliphatic carbocycles. The average Bonchev–Trinajstić information content (AvgIpc) is 2.44. The van der Waals surface area contributed by atoms with E-state index >= 15 is 0 Å². The molecule has 1 aromatic carbocycles. The van der Waals surface area contributed by atoms with Crippen LogP contribution in [0.15, 0.2) is 18.2 Å². The topological polar surface area (TPSA) is 61.7 Å². The number of halogens is 2. The summed E-state index contributed by atoms with van der Waals surface area (Å²) in [6, 6.07) is 4.91. The second-order valence-corrected chi connectivity index (χ2v) is 6.30. The highest BCUT2D eigenvalue weighted by Crippen LogP contribution is 2.27. The van der Waals surface area contributed by atoms with Crippen molar-refractivity contribution in [3.63, 3.8) is 0 Å². The van der Waals surface area contributed by atoms with Crippen LogP contribution in [-0.4, -0.2) is 42.1 Å². The molecule has 0 aromatic heterocycles. The summed E-state index contributed by atoms with van der Waals surface area (Å²) in [6.45, 7) is 4.67. The quantitative estimate of drug-likeness (QED) is 0.649. The van der Waals surface area contributed by atoms with Crippen LogP contribution in [0, 0.1) is 5.92 Å². The fourth-order valence-electron chi connectivity index (χ4n) is 1.93. The number of nitrogens with one attached hydrogen (secondary N) is 1. The Morgan fingerprint density at radius 3 is 2.62 bits per heavy atom. The summed E-state index contributed by atoms with van der Waals surface area (Å²) in [5.74, 6) is 0.928. The molecule has 0 saturated heterocycles. The zero-order valence-corrected chi connectivity index (χ0v) is 13.9. The molecule has 1 rings (SSSR count). The molecule has 6 heteroatoms. The number of aliphatic hydroxyl groups is 2. The Morgan fingerprint density at radius 2 is 2.00 bits per heavy atom. The van der Waals surface area contributed by atoms with E-state index in [1.165, 1.54) is 0 Å². The van der Waals surface area contributed by atoms with Gasteiger partial charge in [-0.05, 0) is 24.5 Å². The molecule has 120 valence electrons. The monoisotopic (exact) mass is 335 g/mol. The summed E-state index contributed by atoms with van der Waals surface area (Å²) < 4.78 is 5.46. The lowest BCUT2D eigenvalue weighted by Crippen LogP contribution is -2.40. The van der Waals surface area contributed by atoms with Crippen LogP contribution >= 0.6 is 23.2 Å². The number of aliphatic hydroxyl groups excluding tert-OH is 2. The van der Waals surface area contributed by atoms with Gasteiger partial charge in [0, 0.05) is 23.7 Å². The van der Waals surface area contributed by atoms with Gasteiger partial charge in [-0.1, -0.05) is 37.0 Å². The van der Waals surface area contributed by atoms with Gasteiger partial charge < -0.3 is 20.3 Å². The average molecular weight is 336 g/mol. The highest BCUT2D eigenvalue weighted by Gasteiger charge is 2.13. The molecule has 0 heterocycles. The van der Waals surface area contributed by atoms with E-state index in [9.17, 15) is 10.2 Å². The maximum absolute atomic E-state index is 9.90.